The molecular weight excluding hydrogens is 160 g/mol. The quantitative estimate of drug-likeness (QED) is 0.680. The molecule has 0 spiro atoms. The molecule has 0 aromatic carbocycles. The average Bonchev–Trinajstić information content (AvgIpc) is 2.32. The fourth-order valence-electron chi connectivity index (χ4n) is 1.42. The number of hydrogen-bond acceptors (Lipinski definition) is 1. The Balaban J connectivity index is 2.96. The van der Waals surface area contributed by atoms with Crippen molar-refractivity contribution in [3.8, 4) is 0 Å². The normalized spacial score (nSPS) is 17.8. The number of allylic oxidation sites excluding steroid dienone is 7. The van der Waals surface area contributed by atoms with Gasteiger partial charge in [-0.3, -0.25) is 0 Å². The molecule has 13 heavy (non-hydrogen) atoms. The molecule has 0 heterocycles. The van der Waals surface area contributed by atoms with Crippen LogP contribution in [0.5, 0.6) is 0 Å². The predicted octanol–water partition coefficient (Wildman–Crippen LogP) is 3.67. The lowest BCUT2D eigenvalue weighted by atomic mass is 10.0. The van der Waals surface area contributed by atoms with Crippen molar-refractivity contribution in [3.63, 3.8) is 0 Å². The highest BCUT2D eigenvalue weighted by Gasteiger charge is 2.02. The summed E-state index contributed by atoms with van der Waals surface area (Å²) in [5, 5.41) is 9.44. The van der Waals surface area contributed by atoms with E-state index in [9.17, 15) is 5.11 Å². The van der Waals surface area contributed by atoms with Crippen molar-refractivity contribution in [1.29, 1.82) is 0 Å². The standard InChI is InChI=1S/C12H16O/c1-3-10(4-2)11-7-5-6-8-12(13)9-11/h3,5-7,9,13H,4,8H2,1-2H3/b10-3+. The van der Waals surface area contributed by atoms with Gasteiger partial charge in [0.2, 0.25) is 0 Å². The summed E-state index contributed by atoms with van der Waals surface area (Å²) < 4.78 is 0. The number of rotatable bonds is 2. The Morgan fingerprint density at radius 3 is 3.00 bits per heavy atom. The third kappa shape index (κ3) is 2.62. The highest BCUT2D eigenvalue weighted by atomic mass is 16.3. The highest BCUT2D eigenvalue weighted by molar-refractivity contribution is 5.43. The second-order valence-corrected chi connectivity index (χ2v) is 3.06. The summed E-state index contributed by atoms with van der Waals surface area (Å²) >= 11 is 0. The van der Waals surface area contributed by atoms with E-state index in [2.05, 4.69) is 13.0 Å². The van der Waals surface area contributed by atoms with E-state index in [4.69, 9.17) is 0 Å². The number of aliphatic hydroxyl groups is 1. The van der Waals surface area contributed by atoms with Crippen molar-refractivity contribution in [1.82, 2.24) is 0 Å². The first-order valence-electron chi connectivity index (χ1n) is 4.69. The molecule has 1 nitrogen and oxygen atoms in total. The molecule has 0 saturated carbocycles. The molecule has 1 rings (SSSR count). The largest absolute Gasteiger partial charge is 0.512 e. The van der Waals surface area contributed by atoms with E-state index in [1.807, 2.05) is 31.2 Å². The van der Waals surface area contributed by atoms with E-state index in [1.54, 1.807) is 0 Å². The molecule has 0 amide bonds. The molecule has 0 bridgehead atoms. The monoisotopic (exact) mass is 176 g/mol. The Morgan fingerprint density at radius 2 is 2.38 bits per heavy atom. The first kappa shape index (κ1) is 9.85. The fraction of sp³-hybridized carbons (Fsp3) is 0.333. The SMILES string of the molecule is C/C=C(\CC)C1=CC=CCC(O)=C1. The summed E-state index contributed by atoms with van der Waals surface area (Å²) in [5.74, 6) is 0.438. The Kier molecular flexibility index (Phi) is 3.56. The summed E-state index contributed by atoms with van der Waals surface area (Å²) in [6.45, 7) is 4.15. The summed E-state index contributed by atoms with van der Waals surface area (Å²) in [4.78, 5) is 0. The van der Waals surface area contributed by atoms with Gasteiger partial charge in [0.05, 0.1) is 5.76 Å². The van der Waals surface area contributed by atoms with E-state index in [0.717, 1.165) is 12.0 Å². The zero-order valence-electron chi connectivity index (χ0n) is 8.25. The molecule has 0 saturated heterocycles. The predicted molar refractivity (Wildman–Crippen MR) is 56.6 cm³/mol. The van der Waals surface area contributed by atoms with Crippen LogP contribution in [-0.4, -0.2) is 5.11 Å². The molecule has 1 aliphatic rings. The molecule has 0 atom stereocenters. The van der Waals surface area contributed by atoms with E-state index in [0.29, 0.717) is 12.2 Å². The number of hydrogen-bond donors (Lipinski definition) is 1. The minimum atomic E-state index is 0.438. The molecule has 0 unspecified atom stereocenters. The molecular formula is C12H16O. The highest BCUT2D eigenvalue weighted by Crippen LogP contribution is 2.19. The molecule has 0 radical (unpaired) electrons. The maximum absolute atomic E-state index is 9.44. The molecule has 1 aliphatic carbocycles. The summed E-state index contributed by atoms with van der Waals surface area (Å²) in [7, 11) is 0. The van der Waals surface area contributed by atoms with E-state index >= 15 is 0 Å². The second kappa shape index (κ2) is 4.70. The molecule has 1 N–H and O–H groups in total. The van der Waals surface area contributed by atoms with Crippen LogP contribution in [0.4, 0.5) is 0 Å². The van der Waals surface area contributed by atoms with Gasteiger partial charge in [-0.25, -0.2) is 0 Å². The van der Waals surface area contributed by atoms with Crippen LogP contribution in [0.3, 0.4) is 0 Å². The first-order chi connectivity index (χ1) is 6.27. The van der Waals surface area contributed by atoms with Crippen LogP contribution in [0.2, 0.25) is 0 Å². The van der Waals surface area contributed by atoms with Crippen LogP contribution in [-0.2, 0) is 0 Å². The molecule has 0 aliphatic heterocycles. The Hall–Kier alpha value is -1.24. The summed E-state index contributed by atoms with van der Waals surface area (Å²) in [6.07, 6.45) is 11.6. The molecule has 70 valence electrons. The Labute approximate surface area is 79.8 Å². The van der Waals surface area contributed by atoms with Crippen molar-refractivity contribution >= 4 is 0 Å². The van der Waals surface area contributed by atoms with Gasteiger partial charge >= 0.3 is 0 Å². The minimum Gasteiger partial charge on any atom is -0.512 e. The lowest BCUT2D eigenvalue weighted by molar-refractivity contribution is 0.401. The van der Waals surface area contributed by atoms with Crippen LogP contribution < -0.4 is 0 Å². The maximum Gasteiger partial charge on any atom is 0.0966 e. The lowest BCUT2D eigenvalue weighted by Gasteiger charge is -2.04. The van der Waals surface area contributed by atoms with Gasteiger partial charge in [-0.15, -0.1) is 0 Å². The van der Waals surface area contributed by atoms with E-state index in [-0.39, 0.29) is 0 Å². The lowest BCUT2D eigenvalue weighted by Crippen LogP contribution is -1.86. The molecule has 0 fully saturated rings. The van der Waals surface area contributed by atoms with E-state index in [1.165, 1.54) is 5.57 Å². The van der Waals surface area contributed by atoms with Crippen molar-refractivity contribution < 1.29 is 5.11 Å². The summed E-state index contributed by atoms with van der Waals surface area (Å²) in [5.41, 5.74) is 2.40. The summed E-state index contributed by atoms with van der Waals surface area (Å²) in [6, 6.07) is 0. The van der Waals surface area contributed by atoms with Crippen molar-refractivity contribution in [2.24, 2.45) is 0 Å². The fourth-order valence-corrected chi connectivity index (χ4v) is 1.42. The number of aliphatic hydroxyl groups excluding tert-OH is 1. The van der Waals surface area contributed by atoms with E-state index < -0.39 is 0 Å². The maximum atomic E-state index is 9.44. The Bertz CT molecular complexity index is 290. The van der Waals surface area contributed by atoms with Crippen LogP contribution in [0.25, 0.3) is 0 Å². The van der Waals surface area contributed by atoms with Crippen molar-refractivity contribution in [3.05, 3.63) is 47.3 Å². The van der Waals surface area contributed by atoms with Gasteiger partial charge in [0.15, 0.2) is 0 Å². The first-order valence-corrected chi connectivity index (χ1v) is 4.69. The van der Waals surface area contributed by atoms with Crippen LogP contribution in [0, 0.1) is 0 Å². The topological polar surface area (TPSA) is 20.2 Å². The second-order valence-electron chi connectivity index (χ2n) is 3.06. The van der Waals surface area contributed by atoms with Gasteiger partial charge in [-0.2, -0.15) is 0 Å². The Morgan fingerprint density at radius 1 is 1.62 bits per heavy atom. The van der Waals surface area contributed by atoms with Crippen LogP contribution in [0.15, 0.2) is 47.3 Å². The molecule has 1 heteroatoms. The van der Waals surface area contributed by atoms with Gasteiger partial charge in [-0.05, 0) is 30.6 Å². The third-order valence-corrected chi connectivity index (χ3v) is 2.16. The van der Waals surface area contributed by atoms with Crippen molar-refractivity contribution in [2.45, 2.75) is 26.7 Å². The average molecular weight is 176 g/mol. The van der Waals surface area contributed by atoms with Gasteiger partial charge in [0.25, 0.3) is 0 Å². The van der Waals surface area contributed by atoms with Crippen LogP contribution >= 0.6 is 0 Å². The van der Waals surface area contributed by atoms with Gasteiger partial charge in [-0.1, -0.05) is 31.2 Å². The smallest absolute Gasteiger partial charge is 0.0966 e. The van der Waals surface area contributed by atoms with Gasteiger partial charge < -0.3 is 5.11 Å². The zero-order valence-corrected chi connectivity index (χ0v) is 8.25. The van der Waals surface area contributed by atoms with Gasteiger partial charge in [0, 0.05) is 6.42 Å². The molecule has 0 aromatic heterocycles. The van der Waals surface area contributed by atoms with Crippen molar-refractivity contribution in [2.75, 3.05) is 0 Å². The zero-order chi connectivity index (χ0) is 9.68. The van der Waals surface area contributed by atoms with Gasteiger partial charge in [0.1, 0.15) is 0 Å². The molecule has 0 aromatic rings. The third-order valence-electron chi connectivity index (χ3n) is 2.16. The minimum absolute atomic E-state index is 0.438. The van der Waals surface area contributed by atoms with Crippen LogP contribution in [0.1, 0.15) is 26.7 Å².